The van der Waals surface area contributed by atoms with E-state index < -0.39 is 11.4 Å². The van der Waals surface area contributed by atoms with Crippen LogP contribution in [0.5, 0.6) is 0 Å². The minimum Gasteiger partial charge on any atom is -0.481 e. The first-order chi connectivity index (χ1) is 16.3. The van der Waals surface area contributed by atoms with E-state index in [1.807, 2.05) is 18.7 Å². The van der Waals surface area contributed by atoms with Crippen LogP contribution in [-0.2, 0) is 9.53 Å². The van der Waals surface area contributed by atoms with Gasteiger partial charge >= 0.3 is 12.0 Å². The average Bonchev–Trinajstić information content (AvgIpc) is 2.82. The van der Waals surface area contributed by atoms with Gasteiger partial charge in [-0.25, -0.2) is 4.79 Å². The normalized spacial score (nSPS) is 21.9. The highest BCUT2D eigenvalue weighted by molar-refractivity contribution is 5.74. The summed E-state index contributed by atoms with van der Waals surface area (Å²) in [7, 11) is 0. The minimum atomic E-state index is -0.711. The van der Waals surface area contributed by atoms with E-state index >= 15 is 0 Å². The van der Waals surface area contributed by atoms with Crippen LogP contribution >= 0.6 is 0 Å². The third kappa shape index (κ3) is 11.0. The van der Waals surface area contributed by atoms with E-state index in [1.54, 1.807) is 0 Å². The van der Waals surface area contributed by atoms with Crippen molar-refractivity contribution in [1.82, 2.24) is 10.2 Å². The number of carboxylic acid groups (broad SMARTS) is 1. The van der Waals surface area contributed by atoms with E-state index in [2.05, 4.69) is 12.2 Å². The topological polar surface area (TPSA) is 78.9 Å². The summed E-state index contributed by atoms with van der Waals surface area (Å²) >= 11 is 0. The molecule has 0 aromatic carbocycles. The summed E-state index contributed by atoms with van der Waals surface area (Å²) in [6.07, 6.45) is 18.2. The van der Waals surface area contributed by atoms with Crippen molar-refractivity contribution in [2.75, 3.05) is 19.7 Å². The number of urea groups is 1. The van der Waals surface area contributed by atoms with Gasteiger partial charge in [-0.2, -0.15) is 0 Å². The Kier molecular flexibility index (Phi) is 13.3. The fourth-order valence-electron chi connectivity index (χ4n) is 5.39. The Hall–Kier alpha value is -1.30. The zero-order valence-electron chi connectivity index (χ0n) is 22.3. The van der Waals surface area contributed by atoms with Crippen molar-refractivity contribution in [3.8, 4) is 0 Å². The lowest BCUT2D eigenvalue weighted by molar-refractivity contribution is -0.147. The summed E-state index contributed by atoms with van der Waals surface area (Å²) in [4.78, 5) is 26.4. The lowest BCUT2D eigenvalue weighted by Gasteiger charge is -2.32. The van der Waals surface area contributed by atoms with Crippen LogP contribution in [0.1, 0.15) is 124 Å². The quantitative estimate of drug-likeness (QED) is 0.254. The lowest BCUT2D eigenvalue weighted by atomic mass is 9.79. The van der Waals surface area contributed by atoms with Crippen molar-refractivity contribution < 1.29 is 19.4 Å². The van der Waals surface area contributed by atoms with E-state index in [0.29, 0.717) is 31.5 Å². The molecule has 0 aromatic heterocycles. The van der Waals surface area contributed by atoms with E-state index in [1.165, 1.54) is 51.4 Å². The number of amides is 2. The second kappa shape index (κ2) is 15.6. The molecule has 0 bridgehead atoms. The third-order valence-electron chi connectivity index (χ3n) is 7.96. The Balaban J connectivity index is 1.76. The maximum absolute atomic E-state index is 13.0. The SMILES string of the molecule is CCCCCCCN(CCO[C@H]1CCC[C@@H](CCC(C)(C)C(=O)O)C1)C(=O)NC1CCCCC1. The third-order valence-corrected chi connectivity index (χ3v) is 7.96. The molecule has 0 unspecified atom stereocenters. The first-order valence-corrected chi connectivity index (χ1v) is 14.2. The molecular weight excluding hydrogens is 428 g/mol. The molecule has 0 saturated heterocycles. The van der Waals surface area contributed by atoms with Gasteiger partial charge in [0.25, 0.3) is 0 Å². The monoisotopic (exact) mass is 480 g/mol. The summed E-state index contributed by atoms with van der Waals surface area (Å²) in [6, 6.07) is 0.419. The first-order valence-electron chi connectivity index (χ1n) is 14.2. The highest BCUT2D eigenvalue weighted by Crippen LogP contribution is 2.33. The molecule has 2 fully saturated rings. The molecule has 0 aromatic rings. The standard InChI is InChI=1S/C28H52N2O4/c1-4-5-6-7-11-19-30(27(33)29-24-14-9-8-10-15-24)20-21-34-25-16-12-13-23(22-25)17-18-28(2,3)26(31)32/h23-25H,4-22H2,1-3H3,(H,29,33)(H,31,32)/t23-,25-/m0/s1. The molecule has 2 rings (SSSR count). The van der Waals surface area contributed by atoms with Crippen LogP contribution in [0.4, 0.5) is 4.79 Å². The zero-order valence-corrected chi connectivity index (χ0v) is 22.3. The van der Waals surface area contributed by atoms with Crippen molar-refractivity contribution in [1.29, 1.82) is 0 Å². The van der Waals surface area contributed by atoms with Crippen LogP contribution in [0.2, 0.25) is 0 Å². The van der Waals surface area contributed by atoms with Gasteiger partial charge in [-0.3, -0.25) is 4.79 Å². The number of hydrogen-bond acceptors (Lipinski definition) is 3. The molecule has 34 heavy (non-hydrogen) atoms. The van der Waals surface area contributed by atoms with Gasteiger partial charge in [0.2, 0.25) is 0 Å². The molecule has 0 aliphatic heterocycles. The molecule has 0 heterocycles. The van der Waals surface area contributed by atoms with Crippen molar-refractivity contribution in [3.05, 3.63) is 0 Å². The molecule has 2 atom stereocenters. The minimum absolute atomic E-state index is 0.0865. The van der Waals surface area contributed by atoms with Crippen molar-refractivity contribution >= 4 is 12.0 Å². The largest absolute Gasteiger partial charge is 0.481 e. The van der Waals surface area contributed by atoms with Gasteiger partial charge in [0.1, 0.15) is 0 Å². The second-order valence-electron chi connectivity index (χ2n) is 11.4. The average molecular weight is 481 g/mol. The highest BCUT2D eigenvalue weighted by atomic mass is 16.5. The van der Waals surface area contributed by atoms with Gasteiger partial charge < -0.3 is 20.1 Å². The van der Waals surface area contributed by atoms with Gasteiger partial charge in [-0.15, -0.1) is 0 Å². The predicted molar refractivity (Wildman–Crippen MR) is 138 cm³/mol. The molecule has 6 nitrogen and oxygen atoms in total. The molecule has 0 spiro atoms. The number of nitrogens with one attached hydrogen (secondary N) is 1. The molecular formula is C28H52N2O4. The Morgan fingerprint density at radius 2 is 1.71 bits per heavy atom. The van der Waals surface area contributed by atoms with Crippen molar-refractivity contribution in [2.24, 2.45) is 11.3 Å². The van der Waals surface area contributed by atoms with Crippen molar-refractivity contribution in [3.63, 3.8) is 0 Å². The maximum atomic E-state index is 13.0. The van der Waals surface area contributed by atoms with Crippen LogP contribution in [0.15, 0.2) is 0 Å². The van der Waals surface area contributed by atoms with Gasteiger partial charge in [-0.05, 0) is 64.7 Å². The van der Waals surface area contributed by atoms with Crippen LogP contribution in [0.25, 0.3) is 0 Å². The van der Waals surface area contributed by atoms with Crippen LogP contribution in [0.3, 0.4) is 0 Å². The number of ether oxygens (including phenoxy) is 1. The zero-order chi connectivity index (χ0) is 24.8. The van der Waals surface area contributed by atoms with Crippen molar-refractivity contribution in [2.45, 2.75) is 136 Å². The van der Waals surface area contributed by atoms with E-state index in [4.69, 9.17) is 4.74 Å². The number of carboxylic acids is 1. The number of carbonyl (C=O) groups is 2. The maximum Gasteiger partial charge on any atom is 0.317 e. The van der Waals surface area contributed by atoms with Gasteiger partial charge in [-0.1, -0.05) is 64.7 Å². The number of aliphatic carboxylic acids is 1. The van der Waals surface area contributed by atoms with Crippen LogP contribution in [0, 0.1) is 11.3 Å². The molecule has 0 radical (unpaired) electrons. The molecule has 6 heteroatoms. The summed E-state index contributed by atoms with van der Waals surface area (Å²) in [6.45, 7) is 7.92. The fraction of sp³-hybridized carbons (Fsp3) is 0.929. The second-order valence-corrected chi connectivity index (χ2v) is 11.4. The number of nitrogens with zero attached hydrogens (tertiary/aromatic N) is 1. The highest BCUT2D eigenvalue weighted by Gasteiger charge is 2.30. The van der Waals surface area contributed by atoms with E-state index in [0.717, 1.165) is 51.5 Å². The van der Waals surface area contributed by atoms with E-state index in [-0.39, 0.29) is 12.1 Å². The first kappa shape index (κ1) is 28.9. The Morgan fingerprint density at radius 3 is 2.41 bits per heavy atom. The smallest absolute Gasteiger partial charge is 0.317 e. The predicted octanol–water partition coefficient (Wildman–Crippen LogP) is 6.77. The summed E-state index contributed by atoms with van der Waals surface area (Å²) in [5.41, 5.74) is -0.656. The number of unbranched alkanes of at least 4 members (excludes halogenated alkanes) is 4. The molecule has 2 aliphatic rings. The van der Waals surface area contributed by atoms with Gasteiger partial charge in [0.05, 0.1) is 18.1 Å². The van der Waals surface area contributed by atoms with E-state index in [9.17, 15) is 14.7 Å². The van der Waals surface area contributed by atoms with Crippen LogP contribution in [-0.4, -0.2) is 53.8 Å². The summed E-state index contributed by atoms with van der Waals surface area (Å²) < 4.78 is 6.27. The molecule has 2 amide bonds. The molecule has 2 N–H and O–H groups in total. The summed E-state index contributed by atoms with van der Waals surface area (Å²) in [5.74, 6) is -0.168. The Morgan fingerprint density at radius 1 is 0.971 bits per heavy atom. The number of carbonyl (C=O) groups excluding carboxylic acids is 1. The fourth-order valence-corrected chi connectivity index (χ4v) is 5.39. The molecule has 2 aliphatic carbocycles. The van der Waals surface area contributed by atoms with Crippen LogP contribution < -0.4 is 5.32 Å². The number of hydrogen-bond donors (Lipinski definition) is 2. The summed E-state index contributed by atoms with van der Waals surface area (Å²) in [5, 5.41) is 12.7. The molecule has 2 saturated carbocycles. The molecule has 198 valence electrons. The Bertz CT molecular complexity index is 589. The number of rotatable bonds is 15. The Labute approximate surface area is 208 Å². The van der Waals surface area contributed by atoms with Gasteiger partial charge in [0.15, 0.2) is 0 Å². The van der Waals surface area contributed by atoms with Gasteiger partial charge in [0, 0.05) is 19.1 Å². The lowest BCUT2D eigenvalue weighted by Crippen LogP contribution is -2.47.